The Morgan fingerprint density at radius 2 is 1.78 bits per heavy atom. The average molecular weight is 271 g/mol. The Morgan fingerprint density at radius 3 is 2.22 bits per heavy atom. The van der Waals surface area contributed by atoms with Crippen LogP contribution in [0.4, 0.5) is 10.1 Å². The first-order valence-electron chi connectivity index (χ1n) is 6.08. The summed E-state index contributed by atoms with van der Waals surface area (Å²) in [7, 11) is -3.35. The quantitative estimate of drug-likeness (QED) is 0.829. The summed E-state index contributed by atoms with van der Waals surface area (Å²) in [6, 6.07) is 4.75. The van der Waals surface area contributed by atoms with E-state index in [9.17, 15) is 12.8 Å². The Hall–Kier alpha value is -1.10. The third-order valence-electron chi connectivity index (χ3n) is 3.58. The maximum absolute atomic E-state index is 14.1. The van der Waals surface area contributed by atoms with Crippen LogP contribution < -0.4 is 4.90 Å². The van der Waals surface area contributed by atoms with Crippen molar-refractivity contribution in [1.82, 2.24) is 0 Å². The van der Waals surface area contributed by atoms with Gasteiger partial charge in [0.15, 0.2) is 9.84 Å². The normalized spacial score (nSPS) is 24.6. The van der Waals surface area contributed by atoms with E-state index >= 15 is 0 Å². The Labute approximate surface area is 108 Å². The first-order chi connectivity index (χ1) is 8.30. The van der Waals surface area contributed by atoms with Crippen LogP contribution in [0.25, 0.3) is 0 Å². The van der Waals surface area contributed by atoms with Crippen molar-refractivity contribution >= 4 is 15.5 Å². The number of benzene rings is 1. The molecule has 0 aliphatic carbocycles. The van der Waals surface area contributed by atoms with Crippen LogP contribution in [-0.4, -0.2) is 26.8 Å². The molecule has 0 spiro atoms. The SMILES string of the molecule is CC1CCC(C)N1c1ccc(S(C)(=O)=O)cc1F. The molecule has 1 aliphatic heterocycles. The van der Waals surface area contributed by atoms with Gasteiger partial charge in [-0.2, -0.15) is 0 Å². The molecule has 0 saturated carbocycles. The molecule has 0 N–H and O–H groups in total. The molecule has 0 amide bonds. The van der Waals surface area contributed by atoms with Crippen LogP contribution >= 0.6 is 0 Å². The zero-order valence-electron chi connectivity index (χ0n) is 10.9. The van der Waals surface area contributed by atoms with Crippen molar-refractivity contribution in [1.29, 1.82) is 0 Å². The van der Waals surface area contributed by atoms with Crippen molar-refractivity contribution < 1.29 is 12.8 Å². The van der Waals surface area contributed by atoms with Gasteiger partial charge in [0.25, 0.3) is 0 Å². The van der Waals surface area contributed by atoms with Crippen molar-refractivity contribution in [3.63, 3.8) is 0 Å². The lowest BCUT2D eigenvalue weighted by Crippen LogP contribution is -2.33. The number of hydrogen-bond donors (Lipinski definition) is 0. The minimum Gasteiger partial charge on any atom is -0.364 e. The molecular formula is C13H18FNO2S. The minimum atomic E-state index is -3.35. The van der Waals surface area contributed by atoms with E-state index in [1.807, 2.05) is 4.90 Å². The predicted molar refractivity (Wildman–Crippen MR) is 70.1 cm³/mol. The fourth-order valence-corrected chi connectivity index (χ4v) is 3.23. The molecule has 3 nitrogen and oxygen atoms in total. The van der Waals surface area contributed by atoms with Gasteiger partial charge in [-0.25, -0.2) is 12.8 Å². The fraction of sp³-hybridized carbons (Fsp3) is 0.538. The second-order valence-electron chi connectivity index (χ2n) is 5.07. The third kappa shape index (κ3) is 2.36. The Bertz CT molecular complexity index is 546. The van der Waals surface area contributed by atoms with Crippen molar-refractivity contribution in [3.8, 4) is 0 Å². The summed E-state index contributed by atoms with van der Waals surface area (Å²) in [6.07, 6.45) is 3.16. The first-order valence-corrected chi connectivity index (χ1v) is 7.98. The van der Waals surface area contributed by atoms with E-state index in [1.54, 1.807) is 6.07 Å². The Balaban J connectivity index is 2.42. The van der Waals surface area contributed by atoms with Crippen LogP contribution in [0.3, 0.4) is 0 Å². The molecule has 2 unspecified atom stereocenters. The summed E-state index contributed by atoms with van der Waals surface area (Å²) in [4.78, 5) is 2.06. The van der Waals surface area contributed by atoms with Crippen molar-refractivity contribution in [2.24, 2.45) is 0 Å². The lowest BCUT2D eigenvalue weighted by Gasteiger charge is -2.29. The molecule has 1 aliphatic rings. The van der Waals surface area contributed by atoms with Crippen LogP contribution in [0.2, 0.25) is 0 Å². The standard InChI is InChI=1S/C13H18FNO2S/c1-9-4-5-10(2)15(9)13-7-6-11(8-12(13)14)18(3,16)17/h6-10H,4-5H2,1-3H3. The largest absolute Gasteiger partial charge is 0.364 e. The molecule has 100 valence electrons. The summed E-state index contributed by atoms with van der Waals surface area (Å²) in [5, 5.41) is 0. The van der Waals surface area contributed by atoms with Gasteiger partial charge in [-0.05, 0) is 44.9 Å². The van der Waals surface area contributed by atoms with Crippen LogP contribution in [-0.2, 0) is 9.84 Å². The van der Waals surface area contributed by atoms with Gasteiger partial charge in [0, 0.05) is 18.3 Å². The second kappa shape index (κ2) is 4.53. The lowest BCUT2D eigenvalue weighted by atomic mass is 10.2. The van der Waals surface area contributed by atoms with Gasteiger partial charge in [0.1, 0.15) is 5.82 Å². The van der Waals surface area contributed by atoms with Crippen LogP contribution in [0.5, 0.6) is 0 Å². The predicted octanol–water partition coefficient (Wildman–Crippen LogP) is 2.61. The number of anilines is 1. The maximum atomic E-state index is 14.1. The Kier molecular flexibility index (Phi) is 3.36. The molecule has 1 saturated heterocycles. The van der Waals surface area contributed by atoms with Gasteiger partial charge >= 0.3 is 0 Å². The molecule has 18 heavy (non-hydrogen) atoms. The lowest BCUT2D eigenvalue weighted by molar-refractivity contribution is 0.587. The van der Waals surface area contributed by atoms with Gasteiger partial charge in [-0.15, -0.1) is 0 Å². The number of halogens is 1. The van der Waals surface area contributed by atoms with E-state index < -0.39 is 15.7 Å². The monoisotopic (exact) mass is 271 g/mol. The molecule has 0 aromatic heterocycles. The van der Waals surface area contributed by atoms with Crippen LogP contribution in [0.1, 0.15) is 26.7 Å². The van der Waals surface area contributed by atoms with Crippen molar-refractivity contribution in [2.45, 2.75) is 43.7 Å². The number of rotatable bonds is 2. The topological polar surface area (TPSA) is 37.4 Å². The Morgan fingerprint density at radius 1 is 1.22 bits per heavy atom. The highest BCUT2D eigenvalue weighted by Gasteiger charge is 2.29. The number of nitrogens with zero attached hydrogens (tertiary/aromatic N) is 1. The van der Waals surface area contributed by atoms with E-state index in [0.29, 0.717) is 17.8 Å². The van der Waals surface area contributed by atoms with E-state index in [0.717, 1.165) is 25.2 Å². The van der Waals surface area contributed by atoms with E-state index in [4.69, 9.17) is 0 Å². The first kappa shape index (κ1) is 13.3. The van der Waals surface area contributed by atoms with Crippen LogP contribution in [0.15, 0.2) is 23.1 Å². The molecular weight excluding hydrogens is 253 g/mol. The van der Waals surface area contributed by atoms with Gasteiger partial charge in [-0.1, -0.05) is 0 Å². The maximum Gasteiger partial charge on any atom is 0.175 e. The van der Waals surface area contributed by atoms with Crippen LogP contribution in [0, 0.1) is 5.82 Å². The smallest absolute Gasteiger partial charge is 0.175 e. The van der Waals surface area contributed by atoms with Gasteiger partial charge in [0.05, 0.1) is 10.6 Å². The molecule has 1 aromatic carbocycles. The summed E-state index contributed by atoms with van der Waals surface area (Å²) < 4.78 is 36.8. The zero-order chi connectivity index (χ0) is 13.5. The van der Waals surface area contributed by atoms with E-state index in [1.165, 1.54) is 6.07 Å². The van der Waals surface area contributed by atoms with Gasteiger partial charge < -0.3 is 4.90 Å². The summed E-state index contributed by atoms with van der Waals surface area (Å²) in [5.41, 5.74) is 0.500. The van der Waals surface area contributed by atoms with Gasteiger partial charge in [-0.3, -0.25) is 0 Å². The highest BCUT2D eigenvalue weighted by Crippen LogP contribution is 2.32. The minimum absolute atomic E-state index is 0.0308. The van der Waals surface area contributed by atoms with Crippen molar-refractivity contribution in [3.05, 3.63) is 24.0 Å². The molecule has 1 aromatic rings. The molecule has 2 atom stereocenters. The highest BCUT2D eigenvalue weighted by molar-refractivity contribution is 7.90. The molecule has 1 heterocycles. The summed E-state index contributed by atoms with van der Waals surface area (Å²) in [5.74, 6) is -0.460. The van der Waals surface area contributed by atoms with E-state index in [2.05, 4.69) is 13.8 Å². The zero-order valence-corrected chi connectivity index (χ0v) is 11.7. The molecule has 0 bridgehead atoms. The summed E-state index contributed by atoms with van der Waals surface area (Å²) in [6.45, 7) is 4.13. The number of sulfone groups is 1. The van der Waals surface area contributed by atoms with Gasteiger partial charge in [0.2, 0.25) is 0 Å². The fourth-order valence-electron chi connectivity index (χ4n) is 2.60. The average Bonchev–Trinajstić information content (AvgIpc) is 2.58. The molecule has 2 rings (SSSR count). The third-order valence-corrected chi connectivity index (χ3v) is 4.69. The van der Waals surface area contributed by atoms with Crippen molar-refractivity contribution in [2.75, 3.05) is 11.2 Å². The molecule has 1 fully saturated rings. The highest BCUT2D eigenvalue weighted by atomic mass is 32.2. The van der Waals surface area contributed by atoms with E-state index in [-0.39, 0.29) is 4.90 Å². The number of hydrogen-bond acceptors (Lipinski definition) is 3. The molecule has 0 radical (unpaired) electrons. The second-order valence-corrected chi connectivity index (χ2v) is 7.08. The molecule has 5 heteroatoms. The summed E-state index contributed by atoms with van der Waals surface area (Å²) >= 11 is 0.